The number of rotatable bonds is 3. The Bertz CT molecular complexity index is 902. The zero-order valence-corrected chi connectivity index (χ0v) is 15.4. The van der Waals surface area contributed by atoms with Crippen molar-refractivity contribution < 1.29 is 14.3 Å². The second-order valence-electron chi connectivity index (χ2n) is 7.57. The summed E-state index contributed by atoms with van der Waals surface area (Å²) in [5.41, 5.74) is 4.56. The van der Waals surface area contributed by atoms with E-state index >= 15 is 0 Å². The van der Waals surface area contributed by atoms with E-state index in [1.807, 2.05) is 19.1 Å². The zero-order chi connectivity index (χ0) is 18.3. The average molecular weight is 352 g/mol. The largest absolute Gasteiger partial charge is 0.427 e. The highest BCUT2D eigenvalue weighted by Crippen LogP contribution is 2.45. The second kappa shape index (κ2) is 6.44. The molecule has 0 radical (unpaired) electrons. The van der Waals surface area contributed by atoms with Gasteiger partial charge in [0.2, 0.25) is 0 Å². The van der Waals surface area contributed by atoms with Gasteiger partial charge in [0.05, 0.1) is 29.5 Å². The molecule has 0 spiro atoms. The first kappa shape index (κ1) is 17.1. The molecule has 1 aliphatic carbocycles. The number of benzene rings is 1. The third-order valence-corrected chi connectivity index (χ3v) is 5.80. The van der Waals surface area contributed by atoms with Gasteiger partial charge in [0.25, 0.3) is 5.79 Å². The van der Waals surface area contributed by atoms with Gasteiger partial charge >= 0.3 is 5.97 Å². The number of aromatic nitrogens is 1. The van der Waals surface area contributed by atoms with Gasteiger partial charge in [0.15, 0.2) is 0 Å². The van der Waals surface area contributed by atoms with E-state index in [1.165, 1.54) is 19.8 Å². The van der Waals surface area contributed by atoms with Crippen molar-refractivity contribution in [3.05, 3.63) is 34.5 Å². The van der Waals surface area contributed by atoms with Crippen molar-refractivity contribution in [2.45, 2.75) is 58.2 Å². The molecule has 5 heteroatoms. The summed E-state index contributed by atoms with van der Waals surface area (Å²) in [6, 6.07) is 6.13. The Hall–Kier alpha value is -2.32. The van der Waals surface area contributed by atoms with Gasteiger partial charge in [-0.1, -0.05) is 31.7 Å². The Balaban J connectivity index is 1.91. The first-order chi connectivity index (χ1) is 12.5. The van der Waals surface area contributed by atoms with Crippen LogP contribution in [-0.2, 0) is 26.5 Å². The van der Waals surface area contributed by atoms with Crippen LogP contribution in [0.15, 0.2) is 12.1 Å². The van der Waals surface area contributed by atoms with Gasteiger partial charge in [0, 0.05) is 18.7 Å². The minimum absolute atomic E-state index is 0.341. The van der Waals surface area contributed by atoms with Crippen LogP contribution in [0.4, 0.5) is 0 Å². The number of fused-ring (bicyclic) bond motifs is 3. The summed E-state index contributed by atoms with van der Waals surface area (Å²) >= 11 is 0. The fourth-order valence-electron chi connectivity index (χ4n) is 4.68. The summed E-state index contributed by atoms with van der Waals surface area (Å²) in [7, 11) is 0. The van der Waals surface area contributed by atoms with E-state index in [2.05, 4.69) is 11.1 Å². The maximum absolute atomic E-state index is 11.9. The monoisotopic (exact) mass is 352 g/mol. The molecule has 26 heavy (non-hydrogen) atoms. The molecule has 0 saturated heterocycles. The van der Waals surface area contributed by atoms with Gasteiger partial charge in [0.1, 0.15) is 0 Å². The van der Waals surface area contributed by atoms with Crippen LogP contribution < -0.4 is 0 Å². The van der Waals surface area contributed by atoms with E-state index < -0.39 is 5.79 Å². The van der Waals surface area contributed by atoms with Crippen LogP contribution in [-0.4, -0.2) is 17.6 Å². The lowest BCUT2D eigenvalue weighted by Gasteiger charge is -2.37. The number of esters is 1. The minimum Gasteiger partial charge on any atom is -0.427 e. The molecule has 1 aliphatic heterocycles. The second-order valence-corrected chi connectivity index (χ2v) is 7.57. The minimum atomic E-state index is -1.06. The van der Waals surface area contributed by atoms with Crippen LogP contribution in [0, 0.1) is 24.2 Å². The number of nitrogens with one attached hydrogen (secondary N) is 1. The summed E-state index contributed by atoms with van der Waals surface area (Å²) in [6.07, 6.45) is 6.11. The molecule has 0 amide bonds. The lowest BCUT2D eigenvalue weighted by atomic mass is 9.90. The topological polar surface area (TPSA) is 75.1 Å². The predicted molar refractivity (Wildman–Crippen MR) is 97.4 cm³/mol. The smallest absolute Gasteiger partial charge is 0.305 e. The quantitative estimate of drug-likeness (QED) is 0.839. The van der Waals surface area contributed by atoms with Crippen LogP contribution in [0.3, 0.4) is 0 Å². The van der Waals surface area contributed by atoms with Crippen molar-refractivity contribution in [1.29, 1.82) is 5.26 Å². The summed E-state index contributed by atoms with van der Waals surface area (Å²) in [5.74, 6) is -0.915. The molecular weight excluding hydrogens is 328 g/mol. The number of carbonyl (C=O) groups is 1. The molecule has 1 aromatic carbocycles. The highest BCUT2D eigenvalue weighted by atomic mass is 16.7. The molecule has 1 saturated carbocycles. The number of aryl methyl sites for hydroxylation is 1. The van der Waals surface area contributed by atoms with Crippen LogP contribution in [0.2, 0.25) is 0 Å². The van der Waals surface area contributed by atoms with E-state index in [1.54, 1.807) is 0 Å². The number of aromatic amines is 1. The van der Waals surface area contributed by atoms with E-state index in [-0.39, 0.29) is 5.97 Å². The van der Waals surface area contributed by atoms with Gasteiger partial charge < -0.3 is 14.5 Å². The molecule has 1 fully saturated rings. The standard InChI is InChI=1S/C21H24N2O3/c1-13-7-8-16(12-22)18-17-9-10-25-21(26-14(2)24,20(17)23-19(13)18)11-15-5-3-4-6-15/h7-8,15,23H,3-6,9-11H2,1-2H3. The molecule has 5 nitrogen and oxygen atoms in total. The summed E-state index contributed by atoms with van der Waals surface area (Å²) in [5, 5.41) is 10.5. The van der Waals surface area contributed by atoms with Crippen LogP contribution in [0.5, 0.6) is 0 Å². The lowest BCUT2D eigenvalue weighted by molar-refractivity contribution is -0.252. The molecule has 2 aliphatic rings. The van der Waals surface area contributed by atoms with E-state index in [0.29, 0.717) is 30.9 Å². The number of H-pyrrole nitrogens is 1. The van der Waals surface area contributed by atoms with Crippen molar-refractivity contribution in [3.8, 4) is 6.07 Å². The first-order valence-electron chi connectivity index (χ1n) is 9.42. The van der Waals surface area contributed by atoms with E-state index in [4.69, 9.17) is 9.47 Å². The number of nitriles is 1. The van der Waals surface area contributed by atoms with E-state index in [0.717, 1.165) is 40.6 Å². The molecule has 136 valence electrons. The zero-order valence-electron chi connectivity index (χ0n) is 15.4. The highest BCUT2D eigenvalue weighted by Gasteiger charge is 2.46. The Labute approximate surface area is 153 Å². The molecule has 1 N–H and O–H groups in total. The molecule has 0 bridgehead atoms. The molecule has 2 heterocycles. The predicted octanol–water partition coefficient (Wildman–Crippen LogP) is 4.22. The highest BCUT2D eigenvalue weighted by molar-refractivity contribution is 5.92. The van der Waals surface area contributed by atoms with Gasteiger partial charge in [-0.3, -0.25) is 4.79 Å². The van der Waals surface area contributed by atoms with Crippen molar-refractivity contribution in [1.82, 2.24) is 4.98 Å². The summed E-state index contributed by atoms with van der Waals surface area (Å²) in [4.78, 5) is 15.4. The summed E-state index contributed by atoms with van der Waals surface area (Å²) in [6.45, 7) is 3.94. The van der Waals surface area contributed by atoms with Crippen LogP contribution >= 0.6 is 0 Å². The summed E-state index contributed by atoms with van der Waals surface area (Å²) < 4.78 is 12.0. The Morgan fingerprint density at radius 3 is 2.88 bits per heavy atom. The van der Waals surface area contributed by atoms with Gasteiger partial charge in [-0.15, -0.1) is 0 Å². The number of hydrogen-bond acceptors (Lipinski definition) is 4. The molecule has 1 unspecified atom stereocenters. The average Bonchev–Trinajstić information content (AvgIpc) is 3.24. The van der Waals surface area contributed by atoms with Crippen LogP contribution in [0.25, 0.3) is 10.9 Å². The molecule has 2 aromatic rings. The van der Waals surface area contributed by atoms with Crippen molar-refractivity contribution in [2.24, 2.45) is 5.92 Å². The maximum atomic E-state index is 11.9. The van der Waals surface area contributed by atoms with Crippen molar-refractivity contribution in [2.75, 3.05) is 6.61 Å². The maximum Gasteiger partial charge on any atom is 0.305 e. The van der Waals surface area contributed by atoms with Crippen LogP contribution in [0.1, 0.15) is 61.4 Å². The molecule has 1 aromatic heterocycles. The number of carbonyl (C=O) groups excluding carboxylic acids is 1. The first-order valence-corrected chi connectivity index (χ1v) is 9.42. The Morgan fingerprint density at radius 1 is 1.42 bits per heavy atom. The number of hydrogen-bond donors (Lipinski definition) is 1. The van der Waals surface area contributed by atoms with Crippen molar-refractivity contribution >= 4 is 16.9 Å². The fraction of sp³-hybridized carbons (Fsp3) is 0.524. The molecule has 1 atom stereocenters. The normalized spacial score (nSPS) is 23.0. The van der Waals surface area contributed by atoms with Gasteiger partial charge in [-0.2, -0.15) is 5.26 Å². The Kier molecular flexibility index (Phi) is 4.24. The number of ether oxygens (including phenoxy) is 2. The fourth-order valence-corrected chi connectivity index (χ4v) is 4.68. The lowest BCUT2D eigenvalue weighted by Crippen LogP contribution is -2.41. The molecular formula is C21H24N2O3. The van der Waals surface area contributed by atoms with E-state index in [9.17, 15) is 10.1 Å². The van der Waals surface area contributed by atoms with Crippen molar-refractivity contribution in [3.63, 3.8) is 0 Å². The third-order valence-electron chi connectivity index (χ3n) is 5.80. The third kappa shape index (κ3) is 2.69. The van der Waals surface area contributed by atoms with Gasteiger partial charge in [-0.05, 0) is 36.5 Å². The number of nitrogens with zero attached hydrogens (tertiary/aromatic N) is 1. The Morgan fingerprint density at radius 2 is 2.19 bits per heavy atom. The van der Waals surface area contributed by atoms with Gasteiger partial charge in [-0.25, -0.2) is 0 Å². The SMILES string of the molecule is CC(=O)OC1(CC2CCCC2)OCCc2c1[nH]c1c(C)ccc(C#N)c21. The molecule has 4 rings (SSSR count).